The van der Waals surface area contributed by atoms with Crippen LogP contribution in [0, 0.1) is 0 Å². The molecule has 0 heterocycles. The van der Waals surface area contributed by atoms with E-state index in [1.165, 1.54) is 0 Å². The van der Waals surface area contributed by atoms with Gasteiger partial charge in [-0.05, 0) is 26.7 Å². The fraction of sp³-hybridized carbons (Fsp3) is 1.00. The van der Waals surface area contributed by atoms with Crippen LogP contribution in [0.2, 0.25) is 0 Å². The van der Waals surface area contributed by atoms with Gasteiger partial charge in [-0.15, -0.1) is 0 Å². The summed E-state index contributed by atoms with van der Waals surface area (Å²) in [5.41, 5.74) is 0. The summed E-state index contributed by atoms with van der Waals surface area (Å²) in [6.45, 7) is 7.45. The summed E-state index contributed by atoms with van der Waals surface area (Å²) in [7, 11) is 0. The Bertz CT molecular complexity index is 48.1. The number of aliphatic hydroxyl groups is 2. The molecule has 0 aromatic heterocycles. The predicted molar refractivity (Wildman–Crippen MR) is 43.9 cm³/mol. The molecule has 3 heteroatoms. The Kier molecular flexibility index (Phi) is 20.7. The Morgan fingerprint density at radius 1 is 0.909 bits per heavy atom. The minimum Gasteiger partial charge on any atom is -0.393 e. The molecule has 2 N–H and O–H groups in total. The van der Waals surface area contributed by atoms with E-state index in [4.69, 9.17) is 10.2 Å². The van der Waals surface area contributed by atoms with Crippen molar-refractivity contribution >= 4 is 0 Å². The molecule has 0 spiro atoms. The van der Waals surface area contributed by atoms with Crippen LogP contribution in [-0.4, -0.2) is 22.4 Å². The molecule has 0 aromatic carbocycles. The van der Waals surface area contributed by atoms with E-state index in [9.17, 15) is 0 Å². The van der Waals surface area contributed by atoms with Gasteiger partial charge >= 0.3 is 0 Å². The first-order valence-electron chi connectivity index (χ1n) is 3.90. The second kappa shape index (κ2) is 13.0. The summed E-state index contributed by atoms with van der Waals surface area (Å²) in [5, 5.41) is 16.7. The molecular weight excluding hydrogens is 187 g/mol. The van der Waals surface area contributed by atoms with Crippen molar-refractivity contribution in [2.75, 3.05) is 0 Å². The molecule has 0 radical (unpaired) electrons. The van der Waals surface area contributed by atoms with Crippen molar-refractivity contribution in [3.05, 3.63) is 0 Å². The smallest absolute Gasteiger partial charge is 0.0509 e. The van der Waals surface area contributed by atoms with Crippen LogP contribution in [0.15, 0.2) is 0 Å². The third-order valence-corrected chi connectivity index (χ3v) is 1.18. The first kappa shape index (κ1) is 17.5. The van der Waals surface area contributed by atoms with Crippen molar-refractivity contribution in [3.8, 4) is 0 Å². The number of aliphatic hydroxyl groups excluding tert-OH is 2. The zero-order valence-corrected chi connectivity index (χ0v) is 8.77. The van der Waals surface area contributed by atoms with E-state index in [0.29, 0.717) is 0 Å². The van der Waals surface area contributed by atoms with Crippen molar-refractivity contribution in [2.24, 2.45) is 0 Å². The van der Waals surface area contributed by atoms with E-state index in [1.54, 1.807) is 13.8 Å². The zero-order chi connectivity index (χ0) is 8.57. The maximum Gasteiger partial charge on any atom is 0.0509 e. The summed E-state index contributed by atoms with van der Waals surface area (Å²) in [5.74, 6) is 0. The van der Waals surface area contributed by atoms with E-state index < -0.39 is 0 Å². The number of rotatable bonds is 2. The average molecular weight is 207 g/mol. The van der Waals surface area contributed by atoms with Gasteiger partial charge in [0.25, 0.3) is 0 Å². The first-order valence-corrected chi connectivity index (χ1v) is 3.90. The summed E-state index contributed by atoms with van der Waals surface area (Å²) in [4.78, 5) is 0. The molecule has 0 fully saturated rings. The summed E-state index contributed by atoms with van der Waals surface area (Å²) in [6.07, 6.45) is 1.49. The van der Waals surface area contributed by atoms with Gasteiger partial charge in [0.05, 0.1) is 12.2 Å². The standard InChI is InChI=1S/2C4H10O.Ni/c2*1-3-4(2)5;/h2*4-5H,3H2,1-2H3;. The Morgan fingerprint density at radius 2 is 1.00 bits per heavy atom. The van der Waals surface area contributed by atoms with Gasteiger partial charge < -0.3 is 10.2 Å². The van der Waals surface area contributed by atoms with Crippen molar-refractivity contribution < 1.29 is 26.7 Å². The maximum atomic E-state index is 8.36. The largest absolute Gasteiger partial charge is 0.393 e. The van der Waals surface area contributed by atoms with Gasteiger partial charge in [0.2, 0.25) is 0 Å². The number of hydrogen-bond donors (Lipinski definition) is 2. The molecule has 2 unspecified atom stereocenters. The molecule has 0 saturated carbocycles. The molecule has 0 aliphatic heterocycles. The van der Waals surface area contributed by atoms with Gasteiger partial charge in [0.1, 0.15) is 0 Å². The molecule has 0 bridgehead atoms. The number of hydrogen-bond acceptors (Lipinski definition) is 2. The van der Waals surface area contributed by atoms with Crippen molar-refractivity contribution in [1.82, 2.24) is 0 Å². The topological polar surface area (TPSA) is 40.5 Å². The van der Waals surface area contributed by atoms with E-state index >= 15 is 0 Å². The predicted octanol–water partition coefficient (Wildman–Crippen LogP) is 1.55. The second-order valence-corrected chi connectivity index (χ2v) is 2.51. The van der Waals surface area contributed by atoms with E-state index in [2.05, 4.69) is 0 Å². The van der Waals surface area contributed by atoms with Crippen LogP contribution >= 0.6 is 0 Å². The molecule has 0 saturated heterocycles. The van der Waals surface area contributed by atoms with Crippen LogP contribution in [-0.2, 0) is 16.5 Å². The summed E-state index contributed by atoms with van der Waals surface area (Å²) in [6, 6.07) is 0. The fourth-order valence-corrected chi connectivity index (χ4v) is 0. The van der Waals surface area contributed by atoms with Gasteiger partial charge in [-0.3, -0.25) is 0 Å². The SMILES string of the molecule is CCC(C)O.CCC(C)O.[Ni]. The van der Waals surface area contributed by atoms with Crippen LogP contribution in [0.1, 0.15) is 40.5 Å². The molecule has 0 rings (SSSR count). The Labute approximate surface area is 79.9 Å². The molecule has 0 aromatic rings. The van der Waals surface area contributed by atoms with Gasteiger partial charge in [-0.25, -0.2) is 0 Å². The molecule has 0 amide bonds. The van der Waals surface area contributed by atoms with Crippen LogP contribution in [0.25, 0.3) is 0 Å². The quantitative estimate of drug-likeness (QED) is 0.674. The zero-order valence-electron chi connectivity index (χ0n) is 7.78. The minimum atomic E-state index is -0.116. The molecule has 11 heavy (non-hydrogen) atoms. The summed E-state index contributed by atoms with van der Waals surface area (Å²) < 4.78 is 0. The second-order valence-electron chi connectivity index (χ2n) is 2.51. The molecular formula is C8H20NiO2. The molecule has 2 nitrogen and oxygen atoms in total. The van der Waals surface area contributed by atoms with Gasteiger partial charge in [-0.1, -0.05) is 13.8 Å². The van der Waals surface area contributed by atoms with Gasteiger partial charge in [0, 0.05) is 16.5 Å². The molecule has 2 atom stereocenters. The normalized spacial score (nSPS) is 13.6. The average Bonchev–Trinajstić information content (AvgIpc) is 1.89. The van der Waals surface area contributed by atoms with Crippen LogP contribution in [0.4, 0.5) is 0 Å². The van der Waals surface area contributed by atoms with E-state index in [1.807, 2.05) is 13.8 Å². The molecule has 74 valence electrons. The van der Waals surface area contributed by atoms with Crippen molar-refractivity contribution in [1.29, 1.82) is 0 Å². The third-order valence-electron chi connectivity index (χ3n) is 1.18. The van der Waals surface area contributed by atoms with Gasteiger partial charge in [0.15, 0.2) is 0 Å². The Balaban J connectivity index is -0.000000107. The van der Waals surface area contributed by atoms with Crippen LogP contribution in [0.3, 0.4) is 0 Å². The third kappa shape index (κ3) is 37.8. The fourth-order valence-electron chi connectivity index (χ4n) is 0. The van der Waals surface area contributed by atoms with Crippen molar-refractivity contribution in [2.45, 2.75) is 52.7 Å². The minimum absolute atomic E-state index is 0. The van der Waals surface area contributed by atoms with Crippen LogP contribution in [0.5, 0.6) is 0 Å². The first-order chi connectivity index (χ1) is 4.54. The van der Waals surface area contributed by atoms with Gasteiger partial charge in [-0.2, -0.15) is 0 Å². The molecule has 0 aliphatic rings. The molecule has 0 aliphatic carbocycles. The Hall–Kier alpha value is 0.414. The van der Waals surface area contributed by atoms with Crippen LogP contribution < -0.4 is 0 Å². The monoisotopic (exact) mass is 206 g/mol. The maximum absolute atomic E-state index is 8.36. The van der Waals surface area contributed by atoms with E-state index in [0.717, 1.165) is 12.8 Å². The van der Waals surface area contributed by atoms with E-state index in [-0.39, 0.29) is 28.7 Å². The van der Waals surface area contributed by atoms with Crippen molar-refractivity contribution in [3.63, 3.8) is 0 Å². The summed E-state index contributed by atoms with van der Waals surface area (Å²) >= 11 is 0. The Morgan fingerprint density at radius 3 is 1.00 bits per heavy atom.